The van der Waals surface area contributed by atoms with Gasteiger partial charge in [0.1, 0.15) is 36.6 Å². The van der Waals surface area contributed by atoms with Crippen molar-refractivity contribution in [3.63, 3.8) is 0 Å². The van der Waals surface area contributed by atoms with Gasteiger partial charge in [-0.25, -0.2) is 24.1 Å². The largest absolute Gasteiger partial charge is 0.472 e. The first-order chi connectivity index (χ1) is 22.7. The van der Waals surface area contributed by atoms with Crippen molar-refractivity contribution < 1.29 is 56.7 Å². The van der Waals surface area contributed by atoms with Crippen LogP contribution in [0.1, 0.15) is 19.4 Å². The lowest BCUT2D eigenvalue weighted by molar-refractivity contribution is -0.0664. The molecule has 4 aromatic rings. The maximum absolute atomic E-state index is 13.2. The van der Waals surface area contributed by atoms with Crippen molar-refractivity contribution in [1.82, 2.24) is 39.0 Å². The number of hydrogen-bond donors (Lipinski definition) is 7. The molecule has 24 nitrogen and oxygen atoms in total. The zero-order valence-electron chi connectivity index (χ0n) is 24.2. The fourth-order valence-corrected chi connectivity index (χ4v) is 7.47. The van der Waals surface area contributed by atoms with Gasteiger partial charge in [-0.05, 0) is 6.92 Å². The van der Waals surface area contributed by atoms with Crippen LogP contribution in [0, 0.1) is 0 Å². The van der Waals surface area contributed by atoms with Crippen LogP contribution in [0.2, 0.25) is 0 Å². The fraction of sp³-hybridized carbons (Fsp3) is 0.500. The van der Waals surface area contributed by atoms with Gasteiger partial charge in [0.25, 0.3) is 11.1 Å². The van der Waals surface area contributed by atoms with Crippen LogP contribution in [-0.2, 0) is 36.7 Å². The number of aliphatic hydroxyl groups is 2. The molecule has 7 rings (SSSR count). The van der Waals surface area contributed by atoms with E-state index in [1.165, 1.54) is 6.21 Å². The number of aromatic amines is 2. The molecule has 258 valence electrons. The summed E-state index contributed by atoms with van der Waals surface area (Å²) < 4.78 is 60.9. The molecular weight excluding hydrogens is 690 g/mol. The van der Waals surface area contributed by atoms with E-state index in [9.17, 15) is 38.7 Å². The van der Waals surface area contributed by atoms with Crippen LogP contribution < -0.4 is 16.9 Å². The molecule has 8 N–H and O–H groups in total. The summed E-state index contributed by atoms with van der Waals surface area (Å²) in [5, 5.41) is 22.4. The predicted octanol–water partition coefficient (Wildman–Crippen LogP) is -1.91. The van der Waals surface area contributed by atoms with Crippen molar-refractivity contribution in [1.29, 1.82) is 0 Å². The summed E-state index contributed by atoms with van der Waals surface area (Å²) in [6.07, 6.45) is -9.48. The summed E-state index contributed by atoms with van der Waals surface area (Å²) in [4.78, 5) is 70.7. The number of nitrogen functional groups attached to an aromatic ring is 1. The minimum absolute atomic E-state index is 0.0806. The molecule has 3 aliphatic rings. The third-order valence-corrected chi connectivity index (χ3v) is 9.57. The number of rotatable bonds is 3. The molecule has 0 saturated carbocycles. The quantitative estimate of drug-likeness (QED) is 0.0898. The summed E-state index contributed by atoms with van der Waals surface area (Å²) in [6, 6.07) is 0. The average Bonchev–Trinajstić information content (AvgIpc) is 3.76. The van der Waals surface area contributed by atoms with Gasteiger partial charge in [-0.3, -0.25) is 46.8 Å². The highest BCUT2D eigenvalue weighted by Crippen LogP contribution is 2.53. The Balaban J connectivity index is 1.17. The Labute approximate surface area is 265 Å². The lowest BCUT2D eigenvalue weighted by atomic mass is 10.1. The molecule has 10 atom stereocenters. The molecule has 48 heavy (non-hydrogen) atoms. The second kappa shape index (κ2) is 12.0. The number of nitrogens with zero attached hydrogens (tertiary/aromatic N) is 7. The Morgan fingerprint density at radius 3 is 1.85 bits per heavy atom. The van der Waals surface area contributed by atoms with Gasteiger partial charge in [0.05, 0.1) is 25.9 Å². The van der Waals surface area contributed by atoms with Gasteiger partial charge in [-0.1, -0.05) is 0 Å². The average molecular weight is 716 g/mol. The highest BCUT2D eigenvalue weighted by Gasteiger charge is 2.54. The van der Waals surface area contributed by atoms with Crippen LogP contribution in [0.5, 0.6) is 0 Å². The van der Waals surface area contributed by atoms with Crippen LogP contribution in [0.25, 0.3) is 22.3 Å². The number of fused-ring (bicyclic) bond motifs is 4. The number of H-pyrrole nitrogens is 2. The number of ether oxygens (including phenoxy) is 2. The number of phosphoric ester groups is 2. The summed E-state index contributed by atoms with van der Waals surface area (Å²) in [7, 11) is -10.2. The van der Waals surface area contributed by atoms with Crippen LogP contribution in [0.4, 0.5) is 11.9 Å². The lowest BCUT2D eigenvalue weighted by Crippen LogP contribution is -2.39. The number of anilines is 1. The van der Waals surface area contributed by atoms with Crippen LogP contribution in [0.15, 0.2) is 27.2 Å². The number of hydrogen-bond acceptors (Lipinski definition) is 18. The van der Waals surface area contributed by atoms with E-state index < -0.39 is 89.1 Å². The molecule has 0 bridgehead atoms. The third-order valence-electron chi connectivity index (χ3n) is 7.60. The second-order valence-corrected chi connectivity index (χ2v) is 13.5. The zero-order valence-corrected chi connectivity index (χ0v) is 26.0. The Hall–Kier alpha value is -3.77. The summed E-state index contributed by atoms with van der Waals surface area (Å²) >= 11 is 0. The number of phosphoric acid groups is 2. The number of nitrogens with two attached hydrogens (primary N) is 1. The maximum atomic E-state index is 13.2. The van der Waals surface area contributed by atoms with Crippen LogP contribution in [-0.4, -0.2) is 115 Å². The maximum Gasteiger partial charge on any atom is 0.472 e. The van der Waals surface area contributed by atoms with E-state index in [4.69, 9.17) is 33.3 Å². The monoisotopic (exact) mass is 716 g/mol. The van der Waals surface area contributed by atoms with Crippen molar-refractivity contribution in [3.05, 3.63) is 33.4 Å². The van der Waals surface area contributed by atoms with Gasteiger partial charge in [0, 0.05) is 6.21 Å². The smallest absolute Gasteiger partial charge is 0.386 e. The molecule has 3 aliphatic heterocycles. The molecular formula is C22H26N10O14P2. The minimum Gasteiger partial charge on any atom is -0.386 e. The molecule has 0 aromatic carbocycles. The van der Waals surface area contributed by atoms with Crippen molar-refractivity contribution in [3.8, 4) is 0 Å². The molecule has 7 heterocycles. The van der Waals surface area contributed by atoms with Gasteiger partial charge < -0.3 is 35.2 Å². The molecule has 0 amide bonds. The zero-order chi connectivity index (χ0) is 34.1. The number of imidazole rings is 2. The minimum atomic E-state index is -5.11. The topological polar surface area (TPSA) is 336 Å². The van der Waals surface area contributed by atoms with E-state index in [1.54, 1.807) is 6.92 Å². The van der Waals surface area contributed by atoms with Gasteiger partial charge in [-0.2, -0.15) is 9.97 Å². The fourth-order valence-electron chi connectivity index (χ4n) is 5.54. The van der Waals surface area contributed by atoms with Gasteiger partial charge in [0.15, 0.2) is 34.8 Å². The lowest BCUT2D eigenvalue weighted by Gasteiger charge is -2.27. The Bertz CT molecular complexity index is 2130. The Morgan fingerprint density at radius 2 is 1.35 bits per heavy atom. The van der Waals surface area contributed by atoms with Gasteiger partial charge in [-0.15, -0.1) is 0 Å². The third kappa shape index (κ3) is 5.80. The number of nitrogens with one attached hydrogen (secondary N) is 2. The normalized spacial score (nSPS) is 36.3. The van der Waals surface area contributed by atoms with E-state index in [2.05, 4.69) is 34.9 Å². The Kier molecular flexibility index (Phi) is 8.17. The predicted molar refractivity (Wildman–Crippen MR) is 156 cm³/mol. The molecule has 0 aliphatic carbocycles. The summed E-state index contributed by atoms with van der Waals surface area (Å²) in [6.45, 7) is -0.148. The molecule has 4 aromatic heterocycles. The first-order valence-electron chi connectivity index (χ1n) is 13.9. The van der Waals surface area contributed by atoms with E-state index in [1.807, 2.05) is 0 Å². The van der Waals surface area contributed by atoms with E-state index >= 15 is 0 Å². The van der Waals surface area contributed by atoms with E-state index in [0.29, 0.717) is 0 Å². The number of aliphatic hydroxyl groups excluding tert-OH is 2. The number of aliphatic imine (C=N–C) groups is 1. The highest BCUT2D eigenvalue weighted by atomic mass is 31.2. The van der Waals surface area contributed by atoms with Crippen molar-refractivity contribution in [2.75, 3.05) is 18.9 Å². The number of aromatic nitrogens is 8. The van der Waals surface area contributed by atoms with Crippen molar-refractivity contribution >= 4 is 56.1 Å². The standard InChI is InChI=1S/C22H26N10O14P2/c1-2-24-22-28-16-10(18(36)30-22)26-6-32(16)20-12(34)14-8(44-20)4-42-47(37,38)45-13-7(3-41-48(39,40)46-14)43-19(11(13)33)31-5-25-9-15(31)27-21(23)29-17(9)35/h2,5-8,11-14,19-20,33-34H,3-4H2,1H3,(H,37,38)(H,39,40)(H,28,30,36)(H3,23,27,29,35)/t7-,8-,11?,12?,13?,14?,19-,20-/m1/s1. The highest BCUT2D eigenvalue weighted by molar-refractivity contribution is 7.47. The summed E-state index contributed by atoms with van der Waals surface area (Å²) in [5.74, 6) is -0.368. The van der Waals surface area contributed by atoms with Crippen LogP contribution in [0.3, 0.4) is 0 Å². The van der Waals surface area contributed by atoms with E-state index in [-0.39, 0.29) is 34.2 Å². The van der Waals surface area contributed by atoms with Crippen LogP contribution >= 0.6 is 15.6 Å². The Morgan fingerprint density at radius 1 is 0.875 bits per heavy atom. The molecule has 26 heteroatoms. The molecule has 0 radical (unpaired) electrons. The molecule has 0 spiro atoms. The molecule has 6 unspecified atom stereocenters. The van der Waals surface area contributed by atoms with Crippen molar-refractivity contribution in [2.24, 2.45) is 4.99 Å². The first kappa shape index (κ1) is 32.8. The molecule has 3 saturated heterocycles. The summed E-state index contributed by atoms with van der Waals surface area (Å²) in [5.41, 5.74) is 3.77. The van der Waals surface area contributed by atoms with E-state index in [0.717, 1.165) is 21.8 Å². The van der Waals surface area contributed by atoms with Gasteiger partial charge in [0.2, 0.25) is 11.9 Å². The SMILES string of the molecule is CC=Nc1nc2c(ncn2[C@@H]2O[C@@H]3COP(=O)(O)OC4C(O)[C@H](n5cnc6c(=O)[nH]c(N)nc65)O[C@@H]4COP(=O)(O)OC3C2O)c(=O)[nH]1. The second-order valence-electron chi connectivity index (χ2n) is 10.7. The molecule has 3 fully saturated rings. The first-order valence-corrected chi connectivity index (χ1v) is 16.9. The van der Waals surface area contributed by atoms with Crippen molar-refractivity contribution in [2.45, 2.75) is 56.0 Å². The van der Waals surface area contributed by atoms with Gasteiger partial charge >= 0.3 is 15.6 Å².